The minimum Gasteiger partial charge on any atom is -0.481 e. The van der Waals surface area contributed by atoms with Crippen LogP contribution in [0.5, 0.6) is 0 Å². The number of furan rings is 1. The highest BCUT2D eigenvalue weighted by molar-refractivity contribution is 5.96. The van der Waals surface area contributed by atoms with E-state index in [0.29, 0.717) is 25.1 Å². The van der Waals surface area contributed by atoms with E-state index in [1.165, 1.54) is 0 Å². The molecule has 0 aliphatic heterocycles. The van der Waals surface area contributed by atoms with Gasteiger partial charge in [-0.1, -0.05) is 78.9 Å². The van der Waals surface area contributed by atoms with Crippen LogP contribution in [0.25, 0.3) is 33.2 Å². The maximum atomic E-state index is 11.7. The third-order valence-electron chi connectivity index (χ3n) is 6.46. The van der Waals surface area contributed by atoms with Crippen LogP contribution >= 0.6 is 0 Å². The van der Waals surface area contributed by atoms with Gasteiger partial charge >= 0.3 is 5.97 Å². The molecule has 0 aliphatic rings. The van der Waals surface area contributed by atoms with Gasteiger partial charge in [-0.25, -0.2) is 0 Å². The number of nitrogens with one attached hydrogen (secondary N) is 1. The molecule has 5 aromatic rings. The molecule has 0 fully saturated rings. The number of benzene rings is 4. The summed E-state index contributed by atoms with van der Waals surface area (Å²) < 4.78 is 6.27. The Labute approximate surface area is 219 Å². The van der Waals surface area contributed by atoms with Crippen molar-refractivity contribution in [3.63, 3.8) is 0 Å². The first-order chi connectivity index (χ1) is 18.5. The number of nitrogens with zero attached hydrogens (tertiary/aromatic N) is 1. The molecule has 7 nitrogen and oxygen atoms in total. The predicted octanol–water partition coefficient (Wildman–Crippen LogP) is 7.54. The lowest BCUT2D eigenvalue weighted by molar-refractivity contribution is -0.383. The maximum Gasteiger partial charge on any atom is 0.303 e. The third-order valence-corrected chi connectivity index (χ3v) is 6.46. The number of anilines is 1. The van der Waals surface area contributed by atoms with E-state index in [9.17, 15) is 14.9 Å². The number of nitro groups is 1. The number of carboxylic acids is 1. The van der Waals surface area contributed by atoms with Crippen molar-refractivity contribution in [1.82, 2.24) is 0 Å². The highest BCUT2D eigenvalue weighted by Gasteiger charge is 2.18. The molecular formula is C31H26N2O5. The second-order valence-corrected chi connectivity index (χ2v) is 9.05. The zero-order chi connectivity index (χ0) is 26.5. The van der Waals surface area contributed by atoms with Gasteiger partial charge in [-0.05, 0) is 40.8 Å². The predicted molar refractivity (Wildman–Crippen MR) is 148 cm³/mol. The highest BCUT2D eigenvalue weighted by atomic mass is 16.6. The molecule has 38 heavy (non-hydrogen) atoms. The van der Waals surface area contributed by atoms with E-state index in [4.69, 9.17) is 9.52 Å². The van der Waals surface area contributed by atoms with Crippen molar-refractivity contribution in [3.05, 3.63) is 118 Å². The van der Waals surface area contributed by atoms with Gasteiger partial charge in [-0.2, -0.15) is 0 Å². The Morgan fingerprint density at radius 3 is 2.29 bits per heavy atom. The number of para-hydroxylation sites is 1. The molecule has 1 aromatic heterocycles. The molecule has 0 spiro atoms. The summed E-state index contributed by atoms with van der Waals surface area (Å²) in [5, 5.41) is 24.5. The van der Waals surface area contributed by atoms with Crippen molar-refractivity contribution in [3.8, 4) is 22.3 Å². The fraction of sp³-hybridized carbons (Fsp3) is 0.129. The Morgan fingerprint density at radius 1 is 0.868 bits per heavy atom. The summed E-state index contributed by atoms with van der Waals surface area (Å²) in [5.74, 6) is -0.00480. The Kier molecular flexibility index (Phi) is 7.17. The van der Waals surface area contributed by atoms with Crippen molar-refractivity contribution in [2.24, 2.45) is 0 Å². The molecule has 190 valence electrons. The van der Waals surface area contributed by atoms with Crippen LogP contribution in [0.4, 0.5) is 11.4 Å². The summed E-state index contributed by atoms with van der Waals surface area (Å²) >= 11 is 0. The van der Waals surface area contributed by atoms with Crippen LogP contribution in [-0.4, -0.2) is 22.5 Å². The first kappa shape index (κ1) is 24.8. The fourth-order valence-corrected chi connectivity index (χ4v) is 4.62. The summed E-state index contributed by atoms with van der Waals surface area (Å²) in [6.07, 6.45) is 1.05. The summed E-state index contributed by atoms with van der Waals surface area (Å²) in [7, 11) is 0. The van der Waals surface area contributed by atoms with E-state index in [-0.39, 0.29) is 12.1 Å². The molecule has 7 heteroatoms. The van der Waals surface area contributed by atoms with Crippen molar-refractivity contribution in [2.45, 2.75) is 19.3 Å². The maximum absolute atomic E-state index is 11.7. The zero-order valence-electron chi connectivity index (χ0n) is 20.6. The quantitative estimate of drug-likeness (QED) is 0.115. The minimum absolute atomic E-state index is 0.00421. The lowest BCUT2D eigenvalue weighted by Crippen LogP contribution is -2.06. The third kappa shape index (κ3) is 5.42. The molecule has 0 unspecified atom stereocenters. The molecule has 0 atom stereocenters. The molecule has 0 saturated heterocycles. The Bertz CT molecular complexity index is 1590. The number of hydrogen-bond acceptors (Lipinski definition) is 5. The molecule has 2 N–H and O–H groups in total. The summed E-state index contributed by atoms with van der Waals surface area (Å²) in [6, 6.07) is 31.2. The first-order valence-corrected chi connectivity index (χ1v) is 12.4. The van der Waals surface area contributed by atoms with Gasteiger partial charge < -0.3 is 14.8 Å². The molecule has 0 amide bonds. The van der Waals surface area contributed by atoms with Gasteiger partial charge in [-0.3, -0.25) is 14.9 Å². The van der Waals surface area contributed by atoms with Gasteiger partial charge in [0.15, 0.2) is 0 Å². The number of aliphatic carboxylic acids is 1. The standard InChI is InChI=1S/C31H26N2O5/c34-30(35)11-6-18-32-26-17-16-24(20-27(26)33(36)37)22-12-14-23(15-13-22)31-25-9-4-5-10-28(25)38-29(31)19-21-7-2-1-3-8-21/h1-5,7-10,12-17,20,32H,6,11,18-19H2,(H,34,35). The van der Waals surface area contributed by atoms with Crippen LogP contribution in [0.2, 0.25) is 0 Å². The number of nitro benzene ring substituents is 1. The lowest BCUT2D eigenvalue weighted by atomic mass is 9.96. The van der Waals surface area contributed by atoms with Crippen LogP contribution in [0.3, 0.4) is 0 Å². The molecule has 1 heterocycles. The van der Waals surface area contributed by atoms with Gasteiger partial charge in [0.25, 0.3) is 5.69 Å². The highest BCUT2D eigenvalue weighted by Crippen LogP contribution is 2.38. The molecule has 0 bridgehead atoms. The van der Waals surface area contributed by atoms with Gasteiger partial charge in [0.05, 0.1) is 4.92 Å². The minimum atomic E-state index is -0.893. The molecular weight excluding hydrogens is 480 g/mol. The van der Waals surface area contributed by atoms with E-state index in [1.807, 2.05) is 66.7 Å². The molecule has 0 aliphatic carbocycles. The average Bonchev–Trinajstić information content (AvgIpc) is 3.29. The normalized spacial score (nSPS) is 10.9. The molecule has 4 aromatic carbocycles. The van der Waals surface area contributed by atoms with Crippen molar-refractivity contribution < 1.29 is 19.2 Å². The average molecular weight is 507 g/mol. The molecule has 5 rings (SSSR count). The van der Waals surface area contributed by atoms with Crippen molar-refractivity contribution in [2.75, 3.05) is 11.9 Å². The lowest BCUT2D eigenvalue weighted by Gasteiger charge is -2.10. The fourth-order valence-electron chi connectivity index (χ4n) is 4.62. The van der Waals surface area contributed by atoms with E-state index in [2.05, 4.69) is 23.5 Å². The van der Waals surface area contributed by atoms with Crippen LogP contribution < -0.4 is 5.32 Å². The van der Waals surface area contributed by atoms with Crippen molar-refractivity contribution >= 4 is 28.3 Å². The number of carbonyl (C=O) groups is 1. The number of fused-ring (bicyclic) bond motifs is 1. The van der Waals surface area contributed by atoms with E-state index < -0.39 is 10.9 Å². The Balaban J connectivity index is 1.44. The topological polar surface area (TPSA) is 106 Å². The second-order valence-electron chi connectivity index (χ2n) is 9.05. The van der Waals surface area contributed by atoms with E-state index in [1.54, 1.807) is 12.1 Å². The van der Waals surface area contributed by atoms with Crippen LogP contribution in [0, 0.1) is 10.1 Å². The first-order valence-electron chi connectivity index (χ1n) is 12.4. The summed E-state index contributed by atoms with van der Waals surface area (Å²) in [6.45, 7) is 0.338. The summed E-state index contributed by atoms with van der Waals surface area (Å²) in [4.78, 5) is 22.0. The second kappa shape index (κ2) is 11.0. The van der Waals surface area contributed by atoms with Crippen molar-refractivity contribution in [1.29, 1.82) is 0 Å². The Morgan fingerprint density at radius 2 is 1.55 bits per heavy atom. The van der Waals surface area contributed by atoms with E-state index in [0.717, 1.165) is 44.5 Å². The van der Waals surface area contributed by atoms with Gasteiger partial charge in [0, 0.05) is 36.4 Å². The van der Waals surface area contributed by atoms with Gasteiger partial charge in [0.2, 0.25) is 0 Å². The van der Waals surface area contributed by atoms with E-state index >= 15 is 0 Å². The largest absolute Gasteiger partial charge is 0.481 e. The molecule has 0 radical (unpaired) electrons. The number of rotatable bonds is 10. The number of carboxylic acid groups (broad SMARTS) is 1. The monoisotopic (exact) mass is 506 g/mol. The van der Waals surface area contributed by atoms with Crippen LogP contribution in [0.1, 0.15) is 24.2 Å². The van der Waals surface area contributed by atoms with Gasteiger partial charge in [0.1, 0.15) is 17.0 Å². The Hall–Kier alpha value is -4.91. The number of hydrogen-bond donors (Lipinski definition) is 2. The van der Waals surface area contributed by atoms with Crippen LogP contribution in [-0.2, 0) is 11.2 Å². The zero-order valence-corrected chi connectivity index (χ0v) is 20.6. The smallest absolute Gasteiger partial charge is 0.303 e. The SMILES string of the molecule is O=C(O)CCCNc1ccc(-c2ccc(-c3c(Cc4ccccc4)oc4ccccc34)cc2)cc1[N+](=O)[O-]. The molecule has 0 saturated carbocycles. The van der Waals surface area contributed by atoms with Gasteiger partial charge in [-0.15, -0.1) is 0 Å². The summed E-state index contributed by atoms with van der Waals surface area (Å²) in [5.41, 5.74) is 5.95. The van der Waals surface area contributed by atoms with Crippen LogP contribution in [0.15, 0.2) is 101 Å².